The van der Waals surface area contributed by atoms with Crippen LogP contribution in [0.2, 0.25) is 0 Å². The second-order valence-corrected chi connectivity index (χ2v) is 4.72. The molecule has 0 aliphatic rings. The molecule has 1 rings (SSSR count). The molecule has 0 atom stereocenters. The van der Waals surface area contributed by atoms with E-state index in [1.54, 1.807) is 13.2 Å². The molecule has 0 spiro atoms. The third kappa shape index (κ3) is 3.54. The van der Waals surface area contributed by atoms with Crippen molar-refractivity contribution in [1.82, 2.24) is 0 Å². The summed E-state index contributed by atoms with van der Waals surface area (Å²) in [7, 11) is 1.63. The number of ketones is 1. The van der Waals surface area contributed by atoms with Gasteiger partial charge in [0, 0.05) is 5.41 Å². The molecule has 86 valence electrons. The van der Waals surface area contributed by atoms with E-state index in [4.69, 9.17) is 4.74 Å². The lowest BCUT2D eigenvalue weighted by Crippen LogP contribution is -2.17. The Bertz CT molecular complexity index is 397. The Hall–Kier alpha value is -1.57. The number of benzene rings is 1. The molecular weight excluding hydrogens is 200 g/mol. The van der Waals surface area contributed by atoms with Crippen molar-refractivity contribution in [3.05, 3.63) is 35.9 Å². The fourth-order valence-electron chi connectivity index (χ4n) is 1.17. The SMILES string of the molecule is COc1cccc(/C=C/C(=O)C(C)(C)C)c1. The Labute approximate surface area is 96.9 Å². The van der Waals surface area contributed by atoms with Crippen molar-refractivity contribution in [2.75, 3.05) is 7.11 Å². The summed E-state index contributed by atoms with van der Waals surface area (Å²) in [6.07, 6.45) is 3.44. The molecule has 16 heavy (non-hydrogen) atoms. The average Bonchev–Trinajstić information content (AvgIpc) is 2.25. The maximum absolute atomic E-state index is 11.7. The Morgan fingerprint density at radius 2 is 2.00 bits per heavy atom. The summed E-state index contributed by atoms with van der Waals surface area (Å²) in [4.78, 5) is 11.7. The lowest BCUT2D eigenvalue weighted by atomic mass is 9.90. The second kappa shape index (κ2) is 4.97. The first-order valence-corrected chi connectivity index (χ1v) is 5.30. The molecule has 1 aromatic carbocycles. The molecule has 0 unspecified atom stereocenters. The Balaban J connectivity index is 2.80. The molecule has 0 radical (unpaired) electrons. The standard InChI is InChI=1S/C14H18O2/c1-14(2,3)13(15)9-8-11-6-5-7-12(10-11)16-4/h5-10H,1-4H3/b9-8+. The van der Waals surface area contributed by atoms with Crippen LogP contribution in [0.5, 0.6) is 5.75 Å². The van der Waals surface area contributed by atoms with Crippen LogP contribution in [0.15, 0.2) is 30.3 Å². The van der Waals surface area contributed by atoms with E-state index in [1.807, 2.05) is 51.1 Å². The maximum atomic E-state index is 11.7. The third-order valence-corrected chi connectivity index (χ3v) is 2.26. The Morgan fingerprint density at radius 1 is 1.31 bits per heavy atom. The van der Waals surface area contributed by atoms with E-state index in [0.29, 0.717) is 0 Å². The summed E-state index contributed by atoms with van der Waals surface area (Å²) in [6, 6.07) is 7.62. The van der Waals surface area contributed by atoms with E-state index in [2.05, 4.69) is 0 Å². The van der Waals surface area contributed by atoms with Crippen LogP contribution in [0, 0.1) is 5.41 Å². The van der Waals surface area contributed by atoms with Crippen LogP contribution in [0.3, 0.4) is 0 Å². The van der Waals surface area contributed by atoms with Crippen molar-refractivity contribution in [3.63, 3.8) is 0 Å². The van der Waals surface area contributed by atoms with Gasteiger partial charge in [-0.2, -0.15) is 0 Å². The highest BCUT2D eigenvalue weighted by Gasteiger charge is 2.17. The summed E-state index contributed by atoms with van der Waals surface area (Å²) >= 11 is 0. The lowest BCUT2D eigenvalue weighted by molar-refractivity contribution is -0.121. The molecular formula is C14H18O2. The number of rotatable bonds is 3. The molecule has 0 bridgehead atoms. The quantitative estimate of drug-likeness (QED) is 0.727. The summed E-state index contributed by atoms with van der Waals surface area (Å²) in [5.41, 5.74) is 0.645. The average molecular weight is 218 g/mol. The highest BCUT2D eigenvalue weighted by Crippen LogP contribution is 2.17. The fourth-order valence-corrected chi connectivity index (χ4v) is 1.17. The van der Waals surface area contributed by atoms with Crippen molar-refractivity contribution >= 4 is 11.9 Å². The van der Waals surface area contributed by atoms with Gasteiger partial charge >= 0.3 is 0 Å². The van der Waals surface area contributed by atoms with E-state index in [9.17, 15) is 4.79 Å². The Morgan fingerprint density at radius 3 is 2.56 bits per heavy atom. The summed E-state index contributed by atoms with van der Waals surface area (Å²) in [5.74, 6) is 0.917. The third-order valence-electron chi connectivity index (χ3n) is 2.26. The van der Waals surface area contributed by atoms with E-state index in [1.165, 1.54) is 0 Å². The largest absolute Gasteiger partial charge is 0.497 e. The highest BCUT2D eigenvalue weighted by atomic mass is 16.5. The van der Waals surface area contributed by atoms with Gasteiger partial charge in [-0.1, -0.05) is 39.0 Å². The molecule has 0 aliphatic carbocycles. The van der Waals surface area contributed by atoms with Gasteiger partial charge in [-0.3, -0.25) is 4.79 Å². The molecule has 2 nitrogen and oxygen atoms in total. The minimum absolute atomic E-state index is 0.121. The van der Waals surface area contributed by atoms with Crippen molar-refractivity contribution in [3.8, 4) is 5.75 Å². The first kappa shape index (κ1) is 12.5. The normalized spacial score (nSPS) is 11.8. The lowest BCUT2D eigenvalue weighted by Gasteiger charge is -2.12. The molecule has 0 saturated carbocycles. The predicted molar refractivity (Wildman–Crippen MR) is 66.5 cm³/mol. The number of carbonyl (C=O) groups is 1. The predicted octanol–water partition coefficient (Wildman–Crippen LogP) is 3.32. The monoisotopic (exact) mass is 218 g/mol. The zero-order chi connectivity index (χ0) is 12.2. The van der Waals surface area contributed by atoms with Crippen LogP contribution in [-0.2, 0) is 4.79 Å². The van der Waals surface area contributed by atoms with E-state index in [0.717, 1.165) is 11.3 Å². The maximum Gasteiger partial charge on any atom is 0.161 e. The van der Waals surface area contributed by atoms with Crippen molar-refractivity contribution in [2.45, 2.75) is 20.8 Å². The summed E-state index contributed by atoms with van der Waals surface area (Å²) < 4.78 is 5.11. The number of hydrogen-bond donors (Lipinski definition) is 0. The van der Waals surface area contributed by atoms with Gasteiger partial charge < -0.3 is 4.74 Å². The minimum atomic E-state index is -0.324. The van der Waals surface area contributed by atoms with Gasteiger partial charge in [0.2, 0.25) is 0 Å². The van der Waals surface area contributed by atoms with Gasteiger partial charge in [-0.15, -0.1) is 0 Å². The highest BCUT2D eigenvalue weighted by molar-refractivity contribution is 5.97. The van der Waals surface area contributed by atoms with Gasteiger partial charge in [0.15, 0.2) is 5.78 Å². The zero-order valence-corrected chi connectivity index (χ0v) is 10.3. The molecule has 0 saturated heterocycles. The fraction of sp³-hybridized carbons (Fsp3) is 0.357. The van der Waals surface area contributed by atoms with Gasteiger partial charge in [0.1, 0.15) is 5.75 Å². The summed E-state index contributed by atoms with van der Waals surface area (Å²) in [5, 5.41) is 0. The van der Waals surface area contributed by atoms with Crippen molar-refractivity contribution in [2.24, 2.45) is 5.41 Å². The zero-order valence-electron chi connectivity index (χ0n) is 10.3. The molecule has 0 aliphatic heterocycles. The number of hydrogen-bond acceptors (Lipinski definition) is 2. The molecule has 0 heterocycles. The number of methoxy groups -OCH3 is 1. The molecule has 1 aromatic rings. The topological polar surface area (TPSA) is 26.3 Å². The van der Waals surface area contributed by atoms with Crippen LogP contribution in [0.1, 0.15) is 26.3 Å². The van der Waals surface area contributed by atoms with Crippen molar-refractivity contribution < 1.29 is 9.53 Å². The Kier molecular flexibility index (Phi) is 3.88. The van der Waals surface area contributed by atoms with Gasteiger partial charge in [-0.05, 0) is 23.8 Å². The molecule has 0 aromatic heterocycles. The summed E-state index contributed by atoms with van der Waals surface area (Å²) in [6.45, 7) is 5.72. The smallest absolute Gasteiger partial charge is 0.161 e. The first-order valence-electron chi connectivity index (χ1n) is 5.30. The number of allylic oxidation sites excluding steroid dienone is 1. The van der Waals surface area contributed by atoms with Crippen molar-refractivity contribution in [1.29, 1.82) is 0 Å². The van der Waals surface area contributed by atoms with E-state index < -0.39 is 0 Å². The van der Waals surface area contributed by atoms with Crippen LogP contribution in [-0.4, -0.2) is 12.9 Å². The van der Waals surface area contributed by atoms with Gasteiger partial charge in [0.05, 0.1) is 7.11 Å². The van der Waals surface area contributed by atoms with Crippen LogP contribution >= 0.6 is 0 Å². The molecule has 2 heteroatoms. The number of carbonyl (C=O) groups excluding carboxylic acids is 1. The van der Waals surface area contributed by atoms with Crippen LogP contribution in [0.4, 0.5) is 0 Å². The molecule has 0 amide bonds. The van der Waals surface area contributed by atoms with Crippen LogP contribution in [0.25, 0.3) is 6.08 Å². The van der Waals surface area contributed by atoms with Gasteiger partial charge in [-0.25, -0.2) is 0 Å². The second-order valence-electron chi connectivity index (χ2n) is 4.72. The molecule has 0 fully saturated rings. The minimum Gasteiger partial charge on any atom is -0.497 e. The van der Waals surface area contributed by atoms with E-state index in [-0.39, 0.29) is 11.2 Å². The first-order chi connectivity index (χ1) is 7.43. The van der Waals surface area contributed by atoms with Crippen LogP contribution < -0.4 is 4.74 Å². The van der Waals surface area contributed by atoms with Gasteiger partial charge in [0.25, 0.3) is 0 Å². The molecule has 0 N–H and O–H groups in total. The van der Waals surface area contributed by atoms with E-state index >= 15 is 0 Å². The number of ether oxygens (including phenoxy) is 1.